The number of hydrogen-bond acceptors (Lipinski definition) is 8. The summed E-state index contributed by atoms with van der Waals surface area (Å²) in [4.78, 5) is 41.7. The molecule has 1 aliphatic heterocycles. The molecule has 2 amide bonds. The van der Waals surface area contributed by atoms with Crippen LogP contribution in [-0.4, -0.2) is 52.5 Å². The minimum absolute atomic E-state index is 0.00737. The normalized spacial score (nSPS) is 13.8. The van der Waals surface area contributed by atoms with Crippen LogP contribution in [-0.2, 0) is 14.3 Å². The number of fused-ring (bicyclic) bond motifs is 1. The van der Waals surface area contributed by atoms with Gasteiger partial charge in [-0.3, -0.25) is 0 Å². The van der Waals surface area contributed by atoms with Gasteiger partial charge in [0.2, 0.25) is 0 Å². The van der Waals surface area contributed by atoms with Crippen molar-refractivity contribution in [1.29, 1.82) is 0 Å². The predicted molar refractivity (Wildman–Crippen MR) is 116 cm³/mol. The summed E-state index contributed by atoms with van der Waals surface area (Å²) in [5, 5.41) is 9.88. The van der Waals surface area contributed by atoms with Gasteiger partial charge in [-0.05, 0) is 39.0 Å². The Morgan fingerprint density at radius 1 is 1.27 bits per heavy atom. The highest BCUT2D eigenvalue weighted by Gasteiger charge is 2.26. The molecule has 2 N–H and O–H groups in total. The monoisotopic (exact) mass is 453 g/mol. The quantitative estimate of drug-likeness (QED) is 0.521. The first-order valence-electron chi connectivity index (χ1n) is 10.4. The molecule has 0 saturated carbocycles. The highest BCUT2D eigenvalue weighted by atomic mass is 16.5. The maximum atomic E-state index is 13.1. The van der Waals surface area contributed by atoms with Gasteiger partial charge in [0, 0.05) is 6.04 Å². The number of nitrogens with one attached hydrogen (secondary N) is 2. The summed E-state index contributed by atoms with van der Waals surface area (Å²) >= 11 is 0. The number of esters is 2. The molecule has 4 rings (SSSR count). The molecule has 0 unspecified atom stereocenters. The van der Waals surface area contributed by atoms with Crippen LogP contribution < -0.4 is 10.6 Å². The van der Waals surface area contributed by atoms with Gasteiger partial charge in [-0.25, -0.2) is 24.0 Å². The number of carbonyl (C=O) groups excluding carboxylic acids is 3. The summed E-state index contributed by atoms with van der Waals surface area (Å²) in [6, 6.07) is 4.53. The Hall–Kier alpha value is -4.15. The highest BCUT2D eigenvalue weighted by molar-refractivity contribution is 6.04. The van der Waals surface area contributed by atoms with Crippen molar-refractivity contribution in [3.8, 4) is 11.5 Å². The molecule has 33 heavy (non-hydrogen) atoms. The molecule has 0 aromatic carbocycles. The topological polar surface area (TPSA) is 138 Å². The van der Waals surface area contributed by atoms with Gasteiger partial charge in [0.15, 0.2) is 11.4 Å². The standard InChI is InChI=1S/C22H23N5O6/c1-4-31-21(29)15-9-23-22(30)26-17(15)11-33-20(28)13-8-16(18-6-5-7-32-18)25-19-14(13)10-24-27(19)12(2)3/h5-8,10,12H,4,9,11H2,1-3H3,(H2,23,26,30). The average molecular weight is 453 g/mol. The molecule has 3 aromatic rings. The molecule has 0 aliphatic carbocycles. The number of furan rings is 1. The molecule has 1 aliphatic rings. The smallest absolute Gasteiger partial charge is 0.339 e. The number of pyridine rings is 1. The van der Waals surface area contributed by atoms with Crippen molar-refractivity contribution in [3.63, 3.8) is 0 Å². The van der Waals surface area contributed by atoms with Gasteiger partial charge in [-0.2, -0.15) is 5.10 Å². The molecule has 0 saturated heterocycles. The number of urea groups is 1. The minimum Gasteiger partial charge on any atom is -0.463 e. The Bertz CT molecular complexity index is 1240. The maximum absolute atomic E-state index is 13.1. The van der Waals surface area contributed by atoms with Gasteiger partial charge in [0.25, 0.3) is 0 Å². The van der Waals surface area contributed by atoms with E-state index in [2.05, 4.69) is 20.7 Å². The van der Waals surface area contributed by atoms with E-state index in [9.17, 15) is 14.4 Å². The number of hydrogen-bond donors (Lipinski definition) is 2. The SMILES string of the molecule is CCOC(=O)C1=C(COC(=O)c2cc(-c3ccco3)nc3c2cnn3C(C)C)NC(=O)NC1. The van der Waals surface area contributed by atoms with Crippen molar-refractivity contribution >= 4 is 29.0 Å². The first kappa shape index (κ1) is 22.1. The van der Waals surface area contributed by atoms with Crippen molar-refractivity contribution in [2.75, 3.05) is 19.8 Å². The molecule has 0 bridgehead atoms. The Kier molecular flexibility index (Phi) is 6.11. The average Bonchev–Trinajstić information content (AvgIpc) is 3.47. The Morgan fingerprint density at radius 2 is 2.09 bits per heavy atom. The number of carbonyl (C=O) groups is 3. The van der Waals surface area contributed by atoms with Crippen molar-refractivity contribution < 1.29 is 28.3 Å². The molecule has 3 aromatic heterocycles. The van der Waals surface area contributed by atoms with E-state index in [1.807, 2.05) is 13.8 Å². The van der Waals surface area contributed by atoms with E-state index >= 15 is 0 Å². The zero-order valence-electron chi connectivity index (χ0n) is 18.4. The van der Waals surface area contributed by atoms with Crippen molar-refractivity contribution in [2.45, 2.75) is 26.8 Å². The Balaban J connectivity index is 1.67. The molecular formula is C22H23N5O6. The third kappa shape index (κ3) is 4.43. The van der Waals surface area contributed by atoms with Gasteiger partial charge in [0.05, 0.1) is 47.8 Å². The molecule has 0 fully saturated rings. The van der Waals surface area contributed by atoms with E-state index in [4.69, 9.17) is 13.9 Å². The zero-order valence-corrected chi connectivity index (χ0v) is 18.4. The van der Waals surface area contributed by atoms with Crippen molar-refractivity contribution in [2.24, 2.45) is 0 Å². The predicted octanol–water partition coefficient (Wildman–Crippen LogP) is 2.56. The van der Waals surface area contributed by atoms with Crippen LogP contribution in [0.25, 0.3) is 22.5 Å². The molecule has 4 heterocycles. The fourth-order valence-corrected chi connectivity index (χ4v) is 3.40. The molecule has 172 valence electrons. The number of amides is 2. The molecular weight excluding hydrogens is 430 g/mol. The summed E-state index contributed by atoms with van der Waals surface area (Å²) < 4.78 is 17.7. The Labute approximate surface area is 188 Å². The van der Waals surface area contributed by atoms with E-state index in [1.165, 1.54) is 6.26 Å². The minimum atomic E-state index is -0.665. The largest absolute Gasteiger partial charge is 0.463 e. The van der Waals surface area contributed by atoms with Crippen LogP contribution in [0.2, 0.25) is 0 Å². The van der Waals surface area contributed by atoms with Gasteiger partial charge in [-0.15, -0.1) is 0 Å². The second-order valence-corrected chi connectivity index (χ2v) is 7.51. The lowest BCUT2D eigenvalue weighted by atomic mass is 10.1. The number of rotatable bonds is 7. The zero-order chi connectivity index (χ0) is 23.5. The second kappa shape index (κ2) is 9.15. The van der Waals surface area contributed by atoms with Gasteiger partial charge in [-0.1, -0.05) is 0 Å². The van der Waals surface area contributed by atoms with E-state index in [0.717, 1.165) is 0 Å². The van der Waals surface area contributed by atoms with Crippen LogP contribution in [0.4, 0.5) is 4.79 Å². The van der Waals surface area contributed by atoms with E-state index in [1.54, 1.807) is 36.0 Å². The van der Waals surface area contributed by atoms with Crippen molar-refractivity contribution in [1.82, 2.24) is 25.4 Å². The van der Waals surface area contributed by atoms with Crippen LogP contribution in [0.15, 0.2) is 46.3 Å². The third-order valence-corrected chi connectivity index (χ3v) is 4.97. The van der Waals surface area contributed by atoms with Gasteiger partial charge in [0.1, 0.15) is 12.3 Å². The first-order chi connectivity index (χ1) is 15.9. The summed E-state index contributed by atoms with van der Waals surface area (Å²) in [5.74, 6) is -0.775. The third-order valence-electron chi connectivity index (χ3n) is 4.97. The Morgan fingerprint density at radius 3 is 2.79 bits per heavy atom. The van der Waals surface area contributed by atoms with Gasteiger partial charge < -0.3 is 24.5 Å². The number of nitrogens with zero attached hydrogens (tertiary/aromatic N) is 3. The van der Waals surface area contributed by atoms with Crippen LogP contribution in [0, 0.1) is 0 Å². The fraction of sp³-hybridized carbons (Fsp3) is 0.318. The molecule has 11 heteroatoms. The van der Waals surface area contributed by atoms with Gasteiger partial charge >= 0.3 is 18.0 Å². The second-order valence-electron chi connectivity index (χ2n) is 7.51. The summed E-state index contributed by atoms with van der Waals surface area (Å²) in [7, 11) is 0. The maximum Gasteiger partial charge on any atom is 0.339 e. The van der Waals surface area contributed by atoms with Crippen LogP contribution in [0.1, 0.15) is 37.2 Å². The summed E-state index contributed by atoms with van der Waals surface area (Å²) in [6.07, 6.45) is 3.07. The van der Waals surface area contributed by atoms with Crippen molar-refractivity contribution in [3.05, 3.63) is 47.5 Å². The van der Waals surface area contributed by atoms with Crippen LogP contribution in [0.5, 0.6) is 0 Å². The molecule has 11 nitrogen and oxygen atoms in total. The molecule has 0 atom stereocenters. The van der Waals surface area contributed by atoms with Crippen LogP contribution in [0.3, 0.4) is 0 Å². The lowest BCUT2D eigenvalue weighted by molar-refractivity contribution is -0.138. The molecule has 0 spiro atoms. The van der Waals surface area contributed by atoms with Crippen LogP contribution >= 0.6 is 0 Å². The summed E-state index contributed by atoms with van der Waals surface area (Å²) in [6.45, 7) is 5.41. The van der Waals surface area contributed by atoms with E-state index in [-0.39, 0.29) is 42.6 Å². The highest BCUT2D eigenvalue weighted by Crippen LogP contribution is 2.27. The summed E-state index contributed by atoms with van der Waals surface area (Å²) in [5.41, 5.74) is 1.54. The lowest BCUT2D eigenvalue weighted by Crippen LogP contribution is -2.45. The van der Waals surface area contributed by atoms with E-state index in [0.29, 0.717) is 22.5 Å². The first-order valence-corrected chi connectivity index (χ1v) is 10.4. The van der Waals surface area contributed by atoms with E-state index < -0.39 is 18.0 Å². The number of aromatic nitrogens is 3. The number of ether oxygens (including phenoxy) is 2. The molecule has 0 radical (unpaired) electrons. The fourth-order valence-electron chi connectivity index (χ4n) is 3.40. The lowest BCUT2D eigenvalue weighted by Gasteiger charge is -2.21.